The van der Waals surface area contributed by atoms with Crippen molar-refractivity contribution in [1.29, 1.82) is 0 Å². The van der Waals surface area contributed by atoms with Crippen LogP contribution in [-0.2, 0) is 0 Å². The number of rotatable bonds is 0. The average Bonchev–Trinajstić information content (AvgIpc) is 2.08. The first kappa shape index (κ1) is 7.88. The van der Waals surface area contributed by atoms with Gasteiger partial charge < -0.3 is 21.4 Å². The van der Waals surface area contributed by atoms with Crippen LogP contribution in [0.25, 0.3) is 0 Å². The molecule has 0 spiro atoms. The normalized spacial score (nSPS) is 20.1. The summed E-state index contributed by atoms with van der Waals surface area (Å²) in [6.45, 7) is 0. The summed E-state index contributed by atoms with van der Waals surface area (Å²) in [5.74, 6) is 0. The van der Waals surface area contributed by atoms with E-state index in [1.807, 2.05) is 0 Å². The van der Waals surface area contributed by atoms with Gasteiger partial charge in [-0.25, -0.2) is 0 Å². The SMILES string of the molecule is Nc1ccc2c(c1)C=[N+]([O-])C(O)N2. The Balaban J connectivity index is 2.51. The van der Waals surface area contributed by atoms with Crippen molar-refractivity contribution in [3.8, 4) is 0 Å². The van der Waals surface area contributed by atoms with E-state index in [4.69, 9.17) is 10.8 Å². The monoisotopic (exact) mass is 179 g/mol. The molecule has 5 nitrogen and oxygen atoms in total. The minimum absolute atomic E-state index is 0.432. The molecule has 0 aromatic heterocycles. The maximum atomic E-state index is 11.0. The number of aliphatic hydroxyl groups excluding tert-OH is 1. The number of aliphatic hydroxyl groups is 1. The van der Waals surface area contributed by atoms with E-state index in [1.54, 1.807) is 18.2 Å². The first-order valence-electron chi connectivity index (χ1n) is 3.81. The molecule has 0 saturated carbocycles. The number of nitrogens with one attached hydrogen (secondary N) is 1. The van der Waals surface area contributed by atoms with Gasteiger partial charge in [-0.3, -0.25) is 0 Å². The lowest BCUT2D eigenvalue weighted by Crippen LogP contribution is -2.34. The highest BCUT2D eigenvalue weighted by Crippen LogP contribution is 2.20. The number of hydrogen-bond donors (Lipinski definition) is 3. The Morgan fingerprint density at radius 1 is 1.54 bits per heavy atom. The molecule has 1 aliphatic rings. The van der Waals surface area contributed by atoms with Gasteiger partial charge in [0.2, 0.25) is 0 Å². The summed E-state index contributed by atoms with van der Waals surface area (Å²) in [6.07, 6.45) is 0.0866. The second kappa shape index (κ2) is 2.63. The van der Waals surface area contributed by atoms with Crippen molar-refractivity contribution in [1.82, 2.24) is 0 Å². The van der Waals surface area contributed by atoms with Gasteiger partial charge in [-0.15, -0.1) is 0 Å². The van der Waals surface area contributed by atoms with Crippen molar-refractivity contribution in [3.05, 3.63) is 29.0 Å². The Hall–Kier alpha value is -1.75. The van der Waals surface area contributed by atoms with Crippen LogP contribution in [0.2, 0.25) is 0 Å². The fourth-order valence-corrected chi connectivity index (χ4v) is 1.23. The van der Waals surface area contributed by atoms with Crippen molar-refractivity contribution < 1.29 is 9.85 Å². The summed E-state index contributed by atoms with van der Waals surface area (Å²) in [7, 11) is 0. The van der Waals surface area contributed by atoms with Gasteiger partial charge in [0.25, 0.3) is 0 Å². The summed E-state index contributed by atoms with van der Waals surface area (Å²) >= 11 is 0. The zero-order chi connectivity index (χ0) is 9.42. The molecule has 5 heteroatoms. The maximum Gasteiger partial charge on any atom is 0.348 e. The smallest absolute Gasteiger partial charge is 0.348 e. The molecular weight excluding hydrogens is 170 g/mol. The van der Waals surface area contributed by atoms with E-state index in [-0.39, 0.29) is 0 Å². The number of nitrogens with two attached hydrogens (primary N) is 1. The molecule has 1 unspecified atom stereocenters. The van der Waals surface area contributed by atoms with Crippen LogP contribution >= 0.6 is 0 Å². The minimum Gasteiger partial charge on any atom is -0.620 e. The Kier molecular flexibility index (Phi) is 1.60. The van der Waals surface area contributed by atoms with Crippen LogP contribution in [0, 0.1) is 5.21 Å². The molecule has 2 rings (SSSR count). The number of nitrogen functional groups attached to an aromatic ring is 1. The Morgan fingerprint density at radius 3 is 3.08 bits per heavy atom. The molecule has 0 aliphatic carbocycles. The van der Waals surface area contributed by atoms with Gasteiger partial charge in [0.1, 0.15) is 0 Å². The van der Waals surface area contributed by atoms with Gasteiger partial charge in [0.05, 0.1) is 11.3 Å². The quantitative estimate of drug-likeness (QED) is 0.295. The third-order valence-electron chi connectivity index (χ3n) is 1.87. The fourth-order valence-electron chi connectivity index (χ4n) is 1.23. The van der Waals surface area contributed by atoms with Gasteiger partial charge >= 0.3 is 6.35 Å². The Morgan fingerprint density at radius 2 is 2.31 bits per heavy atom. The van der Waals surface area contributed by atoms with Crippen LogP contribution in [0.15, 0.2) is 18.2 Å². The van der Waals surface area contributed by atoms with Gasteiger partial charge in [-0.05, 0) is 18.2 Å². The number of hydroxylamine groups is 1. The van der Waals surface area contributed by atoms with Crippen LogP contribution in [0.1, 0.15) is 5.56 Å². The molecule has 13 heavy (non-hydrogen) atoms. The fraction of sp³-hybridized carbons (Fsp3) is 0.125. The predicted molar refractivity (Wildman–Crippen MR) is 49.3 cm³/mol. The number of fused-ring (bicyclic) bond motifs is 1. The molecule has 1 atom stereocenters. The topological polar surface area (TPSA) is 84.4 Å². The zero-order valence-corrected chi connectivity index (χ0v) is 6.77. The summed E-state index contributed by atoms with van der Waals surface area (Å²) in [4.78, 5) is 0. The van der Waals surface area contributed by atoms with Crippen molar-refractivity contribution in [2.75, 3.05) is 11.1 Å². The molecule has 4 N–H and O–H groups in total. The second-order valence-corrected chi connectivity index (χ2v) is 2.85. The number of nitrogens with zero attached hydrogens (tertiary/aromatic N) is 1. The number of benzene rings is 1. The van der Waals surface area contributed by atoms with Crippen molar-refractivity contribution >= 4 is 17.6 Å². The highest BCUT2D eigenvalue weighted by Gasteiger charge is 2.19. The van der Waals surface area contributed by atoms with E-state index in [0.29, 0.717) is 21.7 Å². The summed E-state index contributed by atoms with van der Waals surface area (Å²) in [6, 6.07) is 5.09. The molecule has 1 aromatic carbocycles. The van der Waals surface area contributed by atoms with Crippen molar-refractivity contribution in [2.45, 2.75) is 6.35 Å². The molecule has 1 aromatic rings. The molecular formula is C8H9N3O2. The third kappa shape index (κ3) is 1.29. The van der Waals surface area contributed by atoms with Crippen LogP contribution in [0.5, 0.6) is 0 Å². The molecule has 0 fully saturated rings. The molecule has 0 bridgehead atoms. The zero-order valence-electron chi connectivity index (χ0n) is 6.77. The van der Waals surface area contributed by atoms with Crippen LogP contribution in [-0.4, -0.2) is 22.4 Å². The third-order valence-corrected chi connectivity index (χ3v) is 1.87. The Labute approximate surface area is 74.7 Å². The number of anilines is 2. The highest BCUT2D eigenvalue weighted by molar-refractivity contribution is 5.87. The van der Waals surface area contributed by atoms with Crippen molar-refractivity contribution in [3.63, 3.8) is 0 Å². The first-order valence-corrected chi connectivity index (χ1v) is 3.81. The van der Waals surface area contributed by atoms with Gasteiger partial charge in [-0.1, -0.05) is 0 Å². The maximum absolute atomic E-state index is 11.0. The summed E-state index contributed by atoms with van der Waals surface area (Å²) in [5, 5.41) is 22.7. The molecule has 1 aliphatic heterocycles. The van der Waals surface area contributed by atoms with Crippen molar-refractivity contribution in [2.24, 2.45) is 0 Å². The standard InChI is InChI=1S/C8H9N3O2/c9-6-1-2-7-5(3-6)4-11(13)8(12)10-7/h1-4,8,10,12H,9H2. The minimum atomic E-state index is -1.21. The number of hydrogen-bond acceptors (Lipinski definition) is 4. The predicted octanol–water partition coefficient (Wildman–Crippen LogP) is -0.101. The summed E-state index contributed by atoms with van der Waals surface area (Å²) < 4.78 is 0.432. The first-order chi connectivity index (χ1) is 6.16. The highest BCUT2D eigenvalue weighted by atomic mass is 16.5. The molecule has 0 radical (unpaired) electrons. The Bertz CT molecular complexity index is 376. The van der Waals surface area contributed by atoms with Gasteiger partial charge in [0.15, 0.2) is 6.21 Å². The van der Waals surface area contributed by atoms with E-state index < -0.39 is 6.35 Å². The van der Waals surface area contributed by atoms with Crippen LogP contribution < -0.4 is 11.1 Å². The van der Waals surface area contributed by atoms with E-state index in [1.165, 1.54) is 6.21 Å². The largest absolute Gasteiger partial charge is 0.620 e. The van der Waals surface area contributed by atoms with E-state index >= 15 is 0 Å². The average molecular weight is 179 g/mol. The second-order valence-electron chi connectivity index (χ2n) is 2.85. The van der Waals surface area contributed by atoms with Gasteiger partial charge in [-0.2, -0.15) is 4.74 Å². The summed E-state index contributed by atoms with van der Waals surface area (Å²) in [5.41, 5.74) is 7.50. The molecule has 1 heterocycles. The van der Waals surface area contributed by atoms with E-state index in [2.05, 4.69) is 5.32 Å². The molecule has 0 amide bonds. The lowest BCUT2D eigenvalue weighted by atomic mass is 10.1. The lowest BCUT2D eigenvalue weighted by molar-refractivity contribution is -0.539. The molecule has 0 saturated heterocycles. The van der Waals surface area contributed by atoms with E-state index in [9.17, 15) is 5.21 Å². The lowest BCUT2D eigenvalue weighted by Gasteiger charge is -2.19. The van der Waals surface area contributed by atoms with Gasteiger partial charge in [0, 0.05) is 5.69 Å². The van der Waals surface area contributed by atoms with Crippen LogP contribution in [0.3, 0.4) is 0 Å². The van der Waals surface area contributed by atoms with E-state index in [0.717, 1.165) is 0 Å². The van der Waals surface area contributed by atoms with Crippen LogP contribution in [0.4, 0.5) is 11.4 Å². The molecule has 68 valence electrons.